The molecule has 1 aliphatic rings. The highest BCUT2D eigenvalue weighted by atomic mass is 16.5. The molecule has 19 heavy (non-hydrogen) atoms. The number of anilines is 1. The number of carboxylic acids is 1. The van der Waals surface area contributed by atoms with E-state index >= 15 is 0 Å². The number of carbonyl (C=O) groups is 2. The molecular formula is C11H14N4O4. The van der Waals surface area contributed by atoms with Gasteiger partial charge in [0.1, 0.15) is 11.4 Å². The largest absolute Gasteiger partial charge is 0.480 e. The molecule has 0 aromatic carbocycles. The number of hydrogen-bond donors (Lipinski definition) is 2. The number of esters is 1. The van der Waals surface area contributed by atoms with E-state index in [-0.39, 0.29) is 12.4 Å². The van der Waals surface area contributed by atoms with Crippen molar-refractivity contribution in [1.82, 2.24) is 9.97 Å². The number of carbonyl (C=O) groups excluding carboxylic acids is 1. The molecule has 1 saturated heterocycles. The Balaban J connectivity index is 2.20. The van der Waals surface area contributed by atoms with Gasteiger partial charge in [-0.3, -0.25) is 4.79 Å². The van der Waals surface area contributed by atoms with Crippen LogP contribution in [0.2, 0.25) is 0 Å². The molecule has 1 fully saturated rings. The topological polar surface area (TPSA) is 119 Å². The van der Waals surface area contributed by atoms with Crippen molar-refractivity contribution < 1.29 is 19.4 Å². The first-order valence-electron chi connectivity index (χ1n) is 5.65. The van der Waals surface area contributed by atoms with Crippen LogP contribution in [0.5, 0.6) is 0 Å². The minimum absolute atomic E-state index is 0.0650. The van der Waals surface area contributed by atoms with Crippen LogP contribution in [0.4, 0.5) is 5.82 Å². The van der Waals surface area contributed by atoms with Gasteiger partial charge in [-0.05, 0) is 12.5 Å². The number of aliphatic carboxylic acids is 1. The van der Waals surface area contributed by atoms with Crippen LogP contribution in [0.15, 0.2) is 12.3 Å². The SMILES string of the molecule is COC(=O)c1nccc(N2CCC(N)(C(=O)O)C2)n1. The van der Waals surface area contributed by atoms with Crippen LogP contribution in [-0.4, -0.2) is 52.8 Å². The standard InChI is InChI=1S/C11H14N4O4/c1-19-9(16)8-13-4-2-7(14-8)15-5-3-11(12,6-15)10(17)18/h2,4H,3,5-6,12H2,1H3,(H,17,18). The molecule has 1 aromatic rings. The van der Waals surface area contributed by atoms with Gasteiger partial charge in [0.15, 0.2) is 0 Å². The molecule has 0 aliphatic carbocycles. The quantitative estimate of drug-likeness (QED) is 0.686. The number of carboxylic acid groups (broad SMARTS) is 1. The predicted molar refractivity (Wildman–Crippen MR) is 64.8 cm³/mol. The zero-order chi connectivity index (χ0) is 14.0. The third-order valence-corrected chi connectivity index (χ3v) is 3.06. The number of nitrogens with two attached hydrogens (primary N) is 1. The Morgan fingerprint density at radius 1 is 1.58 bits per heavy atom. The molecule has 3 N–H and O–H groups in total. The van der Waals surface area contributed by atoms with E-state index in [9.17, 15) is 9.59 Å². The van der Waals surface area contributed by atoms with Crippen LogP contribution in [-0.2, 0) is 9.53 Å². The summed E-state index contributed by atoms with van der Waals surface area (Å²) in [5.41, 5.74) is 4.50. The maximum absolute atomic E-state index is 11.3. The zero-order valence-corrected chi connectivity index (χ0v) is 10.4. The summed E-state index contributed by atoms with van der Waals surface area (Å²) in [6.07, 6.45) is 1.74. The smallest absolute Gasteiger partial charge is 0.376 e. The molecule has 1 atom stereocenters. The number of nitrogens with zero attached hydrogens (tertiary/aromatic N) is 3. The highest BCUT2D eigenvalue weighted by molar-refractivity contribution is 5.85. The van der Waals surface area contributed by atoms with Crippen molar-refractivity contribution in [3.63, 3.8) is 0 Å². The number of ether oxygens (including phenoxy) is 1. The van der Waals surface area contributed by atoms with Gasteiger partial charge in [-0.2, -0.15) is 0 Å². The molecule has 0 amide bonds. The molecule has 0 spiro atoms. The highest BCUT2D eigenvalue weighted by Gasteiger charge is 2.41. The van der Waals surface area contributed by atoms with Crippen molar-refractivity contribution in [1.29, 1.82) is 0 Å². The first kappa shape index (κ1) is 13.2. The second kappa shape index (κ2) is 4.81. The molecule has 0 bridgehead atoms. The molecule has 8 heteroatoms. The number of hydrogen-bond acceptors (Lipinski definition) is 7. The summed E-state index contributed by atoms with van der Waals surface area (Å²) in [5, 5.41) is 9.06. The third kappa shape index (κ3) is 2.48. The molecule has 0 saturated carbocycles. The lowest BCUT2D eigenvalue weighted by Crippen LogP contribution is -2.50. The van der Waals surface area contributed by atoms with Gasteiger partial charge in [0.25, 0.3) is 0 Å². The van der Waals surface area contributed by atoms with E-state index in [2.05, 4.69) is 14.7 Å². The van der Waals surface area contributed by atoms with Gasteiger partial charge in [0.2, 0.25) is 5.82 Å². The van der Waals surface area contributed by atoms with Gasteiger partial charge < -0.3 is 20.5 Å². The Morgan fingerprint density at radius 3 is 2.89 bits per heavy atom. The Bertz CT molecular complexity index is 521. The Kier molecular flexibility index (Phi) is 3.34. The molecule has 1 aromatic heterocycles. The molecular weight excluding hydrogens is 252 g/mol. The molecule has 0 radical (unpaired) electrons. The zero-order valence-electron chi connectivity index (χ0n) is 10.4. The fourth-order valence-corrected chi connectivity index (χ4v) is 1.92. The van der Waals surface area contributed by atoms with Crippen molar-refractivity contribution >= 4 is 17.8 Å². The second-order valence-electron chi connectivity index (χ2n) is 4.36. The average Bonchev–Trinajstić information content (AvgIpc) is 2.82. The third-order valence-electron chi connectivity index (χ3n) is 3.06. The average molecular weight is 266 g/mol. The number of methoxy groups -OCH3 is 1. The predicted octanol–water partition coefficient (Wildman–Crippen LogP) is -0.745. The van der Waals surface area contributed by atoms with Gasteiger partial charge >= 0.3 is 11.9 Å². The maximum atomic E-state index is 11.3. The summed E-state index contributed by atoms with van der Waals surface area (Å²) in [7, 11) is 1.24. The van der Waals surface area contributed by atoms with Crippen LogP contribution in [0, 0.1) is 0 Å². The van der Waals surface area contributed by atoms with Crippen LogP contribution in [0.1, 0.15) is 17.0 Å². The van der Waals surface area contributed by atoms with Gasteiger partial charge in [0.05, 0.1) is 7.11 Å². The molecule has 102 valence electrons. The van der Waals surface area contributed by atoms with E-state index in [0.717, 1.165) is 0 Å². The Morgan fingerprint density at radius 2 is 2.32 bits per heavy atom. The number of aromatic nitrogens is 2. The van der Waals surface area contributed by atoms with Crippen molar-refractivity contribution in [3.05, 3.63) is 18.1 Å². The van der Waals surface area contributed by atoms with Crippen molar-refractivity contribution in [2.24, 2.45) is 5.73 Å². The van der Waals surface area contributed by atoms with Gasteiger partial charge in [-0.15, -0.1) is 0 Å². The van der Waals surface area contributed by atoms with Gasteiger partial charge in [-0.1, -0.05) is 0 Å². The van der Waals surface area contributed by atoms with E-state index in [1.165, 1.54) is 13.3 Å². The maximum Gasteiger partial charge on any atom is 0.376 e. The van der Waals surface area contributed by atoms with Crippen LogP contribution in [0.3, 0.4) is 0 Å². The lowest BCUT2D eigenvalue weighted by molar-refractivity contribution is -0.142. The van der Waals surface area contributed by atoms with Crippen LogP contribution >= 0.6 is 0 Å². The summed E-state index contributed by atoms with van der Waals surface area (Å²) < 4.78 is 4.53. The first-order valence-corrected chi connectivity index (χ1v) is 5.65. The van der Waals surface area contributed by atoms with Gasteiger partial charge in [-0.25, -0.2) is 14.8 Å². The molecule has 1 unspecified atom stereocenters. The van der Waals surface area contributed by atoms with Crippen molar-refractivity contribution in [3.8, 4) is 0 Å². The minimum atomic E-state index is -1.28. The lowest BCUT2D eigenvalue weighted by Gasteiger charge is -2.20. The summed E-state index contributed by atoms with van der Waals surface area (Å²) in [5.74, 6) is -1.29. The summed E-state index contributed by atoms with van der Waals surface area (Å²) in [6, 6.07) is 1.60. The molecule has 2 heterocycles. The number of rotatable bonds is 3. The molecule has 8 nitrogen and oxygen atoms in total. The first-order chi connectivity index (χ1) is 8.96. The summed E-state index contributed by atoms with van der Waals surface area (Å²) in [4.78, 5) is 31.9. The van der Waals surface area contributed by atoms with E-state index in [4.69, 9.17) is 10.8 Å². The van der Waals surface area contributed by atoms with Crippen LogP contribution in [0.25, 0.3) is 0 Å². The van der Waals surface area contributed by atoms with Crippen LogP contribution < -0.4 is 10.6 Å². The normalized spacial score (nSPS) is 22.3. The minimum Gasteiger partial charge on any atom is -0.480 e. The highest BCUT2D eigenvalue weighted by Crippen LogP contribution is 2.23. The van der Waals surface area contributed by atoms with Crippen molar-refractivity contribution in [2.45, 2.75) is 12.0 Å². The summed E-state index contributed by atoms with van der Waals surface area (Å²) in [6.45, 7) is 0.598. The summed E-state index contributed by atoms with van der Waals surface area (Å²) >= 11 is 0. The van der Waals surface area contributed by atoms with E-state index in [0.29, 0.717) is 18.8 Å². The lowest BCUT2D eigenvalue weighted by atomic mass is 10.0. The van der Waals surface area contributed by atoms with Gasteiger partial charge in [0, 0.05) is 19.3 Å². The fraction of sp³-hybridized carbons (Fsp3) is 0.455. The Labute approximate surface area is 109 Å². The molecule has 2 rings (SSSR count). The Hall–Kier alpha value is -2.22. The monoisotopic (exact) mass is 266 g/mol. The van der Waals surface area contributed by atoms with E-state index < -0.39 is 17.5 Å². The second-order valence-corrected chi connectivity index (χ2v) is 4.36. The van der Waals surface area contributed by atoms with Crippen molar-refractivity contribution in [2.75, 3.05) is 25.1 Å². The van der Waals surface area contributed by atoms with E-state index in [1.807, 2.05) is 0 Å². The molecule has 1 aliphatic heterocycles. The fourth-order valence-electron chi connectivity index (χ4n) is 1.92. The van der Waals surface area contributed by atoms with E-state index in [1.54, 1.807) is 11.0 Å².